The first-order chi connectivity index (χ1) is 10.2. The molecule has 3 aromatic rings. The Morgan fingerprint density at radius 3 is 2.71 bits per heavy atom. The normalized spacial score (nSPS) is 10.7. The molecular formula is C15H13N3O3. The molecule has 6 nitrogen and oxygen atoms in total. The Hall–Kier alpha value is -2.89. The van der Waals surface area contributed by atoms with Crippen LogP contribution in [0.3, 0.4) is 0 Å². The molecule has 6 heteroatoms. The highest BCUT2D eigenvalue weighted by molar-refractivity contribution is 5.86. The number of rotatable bonds is 5. The zero-order valence-corrected chi connectivity index (χ0v) is 11.1. The van der Waals surface area contributed by atoms with Crippen LogP contribution in [0.15, 0.2) is 48.5 Å². The van der Waals surface area contributed by atoms with Gasteiger partial charge in [-0.2, -0.15) is 5.10 Å². The predicted octanol–water partition coefficient (Wildman–Crippen LogP) is 2.05. The second-order valence-electron chi connectivity index (χ2n) is 4.43. The van der Waals surface area contributed by atoms with Crippen molar-refractivity contribution in [2.24, 2.45) is 0 Å². The average Bonchev–Trinajstić information content (AvgIpc) is 2.90. The van der Waals surface area contributed by atoms with E-state index in [1.807, 2.05) is 30.3 Å². The van der Waals surface area contributed by atoms with E-state index in [2.05, 4.69) is 10.1 Å². The van der Waals surface area contributed by atoms with Gasteiger partial charge in [-0.15, -0.1) is 0 Å². The summed E-state index contributed by atoms with van der Waals surface area (Å²) in [4.78, 5) is 15.4. The maximum absolute atomic E-state index is 11.1. The van der Waals surface area contributed by atoms with Gasteiger partial charge >= 0.3 is 5.97 Å². The minimum atomic E-state index is -1.03. The van der Waals surface area contributed by atoms with Crippen molar-refractivity contribution in [2.45, 2.75) is 6.42 Å². The lowest BCUT2D eigenvalue weighted by Crippen LogP contribution is -2.06. The molecule has 0 bridgehead atoms. The Kier molecular flexibility index (Phi) is 3.51. The fraction of sp³-hybridized carbons (Fsp3) is 0.133. The fourth-order valence-corrected chi connectivity index (χ4v) is 1.99. The number of hydrogen-bond donors (Lipinski definition) is 1. The van der Waals surface area contributed by atoms with E-state index >= 15 is 0 Å². The molecule has 0 unspecified atom stereocenters. The van der Waals surface area contributed by atoms with Crippen molar-refractivity contribution in [3.63, 3.8) is 0 Å². The van der Waals surface area contributed by atoms with Gasteiger partial charge in [-0.1, -0.05) is 24.3 Å². The number of ether oxygens (including phenoxy) is 1. The zero-order chi connectivity index (χ0) is 14.7. The van der Waals surface area contributed by atoms with E-state index in [1.165, 1.54) is 10.6 Å². The van der Waals surface area contributed by atoms with Crippen molar-refractivity contribution in [2.75, 3.05) is 6.61 Å². The van der Waals surface area contributed by atoms with Crippen LogP contribution >= 0.6 is 0 Å². The van der Waals surface area contributed by atoms with Gasteiger partial charge in [0.2, 0.25) is 0 Å². The molecule has 2 aromatic heterocycles. The monoisotopic (exact) mass is 283 g/mol. The molecule has 0 aliphatic rings. The van der Waals surface area contributed by atoms with E-state index in [0.717, 1.165) is 5.75 Å². The molecule has 3 rings (SSSR count). The third-order valence-electron chi connectivity index (χ3n) is 2.96. The molecule has 0 saturated heterocycles. The molecule has 0 atom stereocenters. The van der Waals surface area contributed by atoms with Crippen LogP contribution in [-0.2, 0) is 6.42 Å². The summed E-state index contributed by atoms with van der Waals surface area (Å²) in [7, 11) is 0. The van der Waals surface area contributed by atoms with Gasteiger partial charge in [0.25, 0.3) is 0 Å². The molecule has 2 heterocycles. The van der Waals surface area contributed by atoms with E-state index in [1.54, 1.807) is 12.1 Å². The summed E-state index contributed by atoms with van der Waals surface area (Å²) >= 11 is 0. The van der Waals surface area contributed by atoms with E-state index < -0.39 is 5.97 Å². The van der Waals surface area contributed by atoms with Crippen molar-refractivity contribution in [3.05, 3.63) is 60.0 Å². The summed E-state index contributed by atoms with van der Waals surface area (Å²) in [5, 5.41) is 13.3. The highest BCUT2D eigenvalue weighted by Gasteiger charge is 2.11. The minimum absolute atomic E-state index is 0.0928. The number of benzene rings is 1. The van der Waals surface area contributed by atoms with E-state index in [4.69, 9.17) is 9.84 Å². The van der Waals surface area contributed by atoms with Crippen LogP contribution in [0.25, 0.3) is 5.65 Å². The van der Waals surface area contributed by atoms with Crippen molar-refractivity contribution < 1.29 is 14.6 Å². The van der Waals surface area contributed by atoms with Crippen molar-refractivity contribution in [1.82, 2.24) is 14.6 Å². The first kappa shape index (κ1) is 13.1. The van der Waals surface area contributed by atoms with Gasteiger partial charge in [0, 0.05) is 6.42 Å². The molecule has 0 aliphatic heterocycles. The summed E-state index contributed by atoms with van der Waals surface area (Å²) in [6.45, 7) is 0.434. The Balaban J connectivity index is 1.73. The number of aromatic carboxylic acids is 1. The standard InChI is InChI=1S/C15H13N3O3/c19-15(20)12-7-4-8-14-16-13(17-18(12)14)9-10-21-11-5-2-1-3-6-11/h1-8H,9-10H2,(H,19,20). The zero-order valence-electron chi connectivity index (χ0n) is 11.1. The second-order valence-corrected chi connectivity index (χ2v) is 4.43. The van der Waals surface area contributed by atoms with Crippen molar-refractivity contribution in [3.8, 4) is 5.75 Å². The maximum atomic E-state index is 11.1. The quantitative estimate of drug-likeness (QED) is 0.775. The van der Waals surface area contributed by atoms with Gasteiger partial charge in [-0.3, -0.25) is 0 Å². The molecule has 0 fully saturated rings. The number of nitrogens with zero attached hydrogens (tertiary/aromatic N) is 3. The van der Waals surface area contributed by atoms with Crippen molar-refractivity contribution in [1.29, 1.82) is 0 Å². The summed E-state index contributed by atoms with van der Waals surface area (Å²) in [5.74, 6) is 0.310. The number of carboxylic acids is 1. The smallest absolute Gasteiger partial charge is 0.354 e. The minimum Gasteiger partial charge on any atom is -0.493 e. The first-order valence-corrected chi connectivity index (χ1v) is 6.50. The lowest BCUT2D eigenvalue weighted by Gasteiger charge is -2.03. The third kappa shape index (κ3) is 2.84. The number of para-hydroxylation sites is 1. The lowest BCUT2D eigenvalue weighted by molar-refractivity contribution is 0.0687. The van der Waals surface area contributed by atoms with E-state index in [0.29, 0.717) is 24.5 Å². The molecule has 0 radical (unpaired) electrons. The fourth-order valence-electron chi connectivity index (χ4n) is 1.99. The highest BCUT2D eigenvalue weighted by Crippen LogP contribution is 2.10. The van der Waals surface area contributed by atoms with E-state index in [9.17, 15) is 4.79 Å². The van der Waals surface area contributed by atoms with Crippen LogP contribution < -0.4 is 4.74 Å². The topological polar surface area (TPSA) is 76.7 Å². The van der Waals surface area contributed by atoms with Crippen LogP contribution in [0.5, 0.6) is 5.75 Å². The Labute approximate surface area is 120 Å². The van der Waals surface area contributed by atoms with E-state index in [-0.39, 0.29) is 5.69 Å². The maximum Gasteiger partial charge on any atom is 0.354 e. The SMILES string of the molecule is O=C(O)c1cccc2nc(CCOc3ccccc3)nn12. The molecule has 1 N–H and O–H groups in total. The van der Waals surface area contributed by atoms with Gasteiger partial charge < -0.3 is 9.84 Å². The molecule has 0 aliphatic carbocycles. The van der Waals surface area contributed by atoms with Crippen LogP contribution in [-0.4, -0.2) is 32.3 Å². The van der Waals surface area contributed by atoms with Gasteiger partial charge in [-0.05, 0) is 24.3 Å². The first-order valence-electron chi connectivity index (χ1n) is 6.50. The number of carboxylic acid groups (broad SMARTS) is 1. The molecule has 0 saturated carbocycles. The van der Waals surface area contributed by atoms with Crippen LogP contribution in [0.2, 0.25) is 0 Å². The number of fused-ring (bicyclic) bond motifs is 1. The lowest BCUT2D eigenvalue weighted by atomic mass is 10.3. The molecule has 21 heavy (non-hydrogen) atoms. The Bertz CT molecular complexity index is 768. The van der Waals surface area contributed by atoms with Crippen LogP contribution in [0, 0.1) is 0 Å². The van der Waals surface area contributed by atoms with Gasteiger partial charge in [0.15, 0.2) is 17.2 Å². The molecular weight excluding hydrogens is 270 g/mol. The Morgan fingerprint density at radius 1 is 1.14 bits per heavy atom. The summed E-state index contributed by atoms with van der Waals surface area (Å²) in [6, 6.07) is 14.3. The van der Waals surface area contributed by atoms with Gasteiger partial charge in [0.1, 0.15) is 5.75 Å². The third-order valence-corrected chi connectivity index (χ3v) is 2.96. The van der Waals surface area contributed by atoms with Gasteiger partial charge in [-0.25, -0.2) is 14.3 Å². The largest absolute Gasteiger partial charge is 0.493 e. The number of hydrogen-bond acceptors (Lipinski definition) is 4. The molecule has 0 spiro atoms. The highest BCUT2D eigenvalue weighted by atomic mass is 16.5. The summed E-state index contributed by atoms with van der Waals surface area (Å²) in [6.07, 6.45) is 0.510. The summed E-state index contributed by atoms with van der Waals surface area (Å²) < 4.78 is 6.91. The second kappa shape index (κ2) is 5.62. The summed E-state index contributed by atoms with van der Waals surface area (Å²) in [5.41, 5.74) is 0.611. The molecule has 0 amide bonds. The van der Waals surface area contributed by atoms with Gasteiger partial charge in [0.05, 0.1) is 6.61 Å². The number of pyridine rings is 1. The number of carbonyl (C=O) groups is 1. The van der Waals surface area contributed by atoms with Crippen molar-refractivity contribution >= 4 is 11.6 Å². The van der Waals surface area contributed by atoms with Crippen LogP contribution in [0.1, 0.15) is 16.3 Å². The Morgan fingerprint density at radius 2 is 1.95 bits per heavy atom. The predicted molar refractivity (Wildman–Crippen MR) is 75.6 cm³/mol. The number of aromatic nitrogens is 3. The average molecular weight is 283 g/mol. The molecule has 1 aromatic carbocycles. The molecule has 106 valence electrons. The van der Waals surface area contributed by atoms with Crippen LogP contribution in [0.4, 0.5) is 0 Å².